The fourth-order valence-electron chi connectivity index (χ4n) is 3.98. The molecule has 200 valence electrons. The Hall–Kier alpha value is -4.79. The molecular weight excluding hydrogens is 499 g/mol. The highest BCUT2D eigenvalue weighted by atomic mass is 19.1. The van der Waals surface area contributed by atoms with Crippen molar-refractivity contribution >= 4 is 17.7 Å². The normalized spacial score (nSPS) is 10.6. The van der Waals surface area contributed by atoms with Gasteiger partial charge < -0.3 is 14.2 Å². The molecule has 0 bridgehead atoms. The van der Waals surface area contributed by atoms with Crippen LogP contribution >= 0.6 is 0 Å². The van der Waals surface area contributed by atoms with Crippen LogP contribution < -0.4 is 4.74 Å². The molecule has 0 radical (unpaired) electrons. The summed E-state index contributed by atoms with van der Waals surface area (Å²) in [6, 6.07) is 23.2. The van der Waals surface area contributed by atoms with Gasteiger partial charge in [0.25, 0.3) is 0 Å². The Balaban J connectivity index is 1.32. The van der Waals surface area contributed by atoms with E-state index in [1.54, 1.807) is 16.7 Å². The first kappa shape index (κ1) is 27.3. The number of benzene rings is 3. The Kier molecular flexibility index (Phi) is 8.83. The van der Waals surface area contributed by atoms with Crippen LogP contribution in [0.4, 0.5) is 4.39 Å². The quantitative estimate of drug-likeness (QED) is 0.308. The maximum atomic E-state index is 13.5. The molecule has 4 rings (SSSR count). The number of hydrogen-bond acceptors (Lipinski definition) is 5. The van der Waals surface area contributed by atoms with Crippen LogP contribution in [-0.2, 0) is 40.5 Å². The van der Waals surface area contributed by atoms with Gasteiger partial charge in [-0.15, -0.1) is 0 Å². The van der Waals surface area contributed by atoms with E-state index in [9.17, 15) is 18.8 Å². The van der Waals surface area contributed by atoms with E-state index in [1.165, 1.54) is 43.7 Å². The van der Waals surface area contributed by atoms with Crippen LogP contribution in [0.3, 0.4) is 0 Å². The number of hydrogen-bond donors (Lipinski definition) is 0. The highest BCUT2D eigenvalue weighted by molar-refractivity contribution is 6.37. The molecule has 0 unspecified atom stereocenters. The van der Waals surface area contributed by atoms with Gasteiger partial charge in [0.15, 0.2) is 0 Å². The van der Waals surface area contributed by atoms with Crippen molar-refractivity contribution in [3.05, 3.63) is 120 Å². The summed E-state index contributed by atoms with van der Waals surface area (Å²) in [6.45, 7) is 0.884. The minimum Gasteiger partial charge on any atom is -0.489 e. The first-order valence-corrected chi connectivity index (χ1v) is 12.3. The van der Waals surface area contributed by atoms with Gasteiger partial charge in [-0.3, -0.25) is 19.3 Å². The molecular formula is C30H29FN4O4. The Morgan fingerprint density at radius 3 is 2.36 bits per heavy atom. The summed E-state index contributed by atoms with van der Waals surface area (Å²) in [5.74, 6) is -2.01. The second-order valence-corrected chi connectivity index (χ2v) is 9.16. The summed E-state index contributed by atoms with van der Waals surface area (Å²) < 4.78 is 21.1. The van der Waals surface area contributed by atoms with Gasteiger partial charge in [-0.05, 0) is 41.0 Å². The first-order chi connectivity index (χ1) is 18.8. The lowest BCUT2D eigenvalue weighted by Crippen LogP contribution is -2.45. The molecule has 0 saturated heterocycles. The lowest BCUT2D eigenvalue weighted by atomic mass is 10.2. The van der Waals surface area contributed by atoms with Gasteiger partial charge in [0.05, 0.1) is 12.7 Å². The summed E-state index contributed by atoms with van der Waals surface area (Å²) in [5.41, 5.74) is 3.06. The molecule has 0 aliphatic heterocycles. The fraction of sp³-hybridized carbons (Fsp3) is 0.200. The number of aromatic nitrogens is 2. The van der Waals surface area contributed by atoms with Crippen molar-refractivity contribution in [1.82, 2.24) is 19.4 Å². The fourth-order valence-corrected chi connectivity index (χ4v) is 3.98. The number of rotatable bonds is 9. The van der Waals surface area contributed by atoms with Crippen LogP contribution in [0, 0.1) is 5.82 Å². The molecule has 0 aliphatic carbocycles. The number of likely N-dealkylation sites (N-methyl/N-ethyl adjacent to an activating group) is 2. The molecule has 0 N–H and O–H groups in total. The highest BCUT2D eigenvalue weighted by Gasteiger charge is 2.27. The zero-order valence-corrected chi connectivity index (χ0v) is 21.8. The molecule has 0 atom stereocenters. The summed E-state index contributed by atoms with van der Waals surface area (Å²) in [6.07, 6.45) is 2.90. The average Bonchev–Trinajstić information content (AvgIpc) is 3.37. The third-order valence-corrected chi connectivity index (χ3v) is 6.15. The Morgan fingerprint density at radius 2 is 1.59 bits per heavy atom. The summed E-state index contributed by atoms with van der Waals surface area (Å²) in [7, 11) is 2.78. The van der Waals surface area contributed by atoms with Gasteiger partial charge in [0.2, 0.25) is 5.91 Å². The second-order valence-electron chi connectivity index (χ2n) is 9.16. The summed E-state index contributed by atoms with van der Waals surface area (Å²) >= 11 is 0. The number of halogens is 1. The number of imide groups is 1. The highest BCUT2D eigenvalue weighted by Crippen LogP contribution is 2.17. The predicted octanol–water partition coefficient (Wildman–Crippen LogP) is 3.84. The Labute approximate surface area is 226 Å². The molecule has 0 spiro atoms. The summed E-state index contributed by atoms with van der Waals surface area (Å²) in [5, 5.41) is 0. The van der Waals surface area contributed by atoms with Crippen LogP contribution in [0.15, 0.2) is 91.4 Å². The maximum absolute atomic E-state index is 13.5. The Morgan fingerprint density at radius 1 is 0.872 bits per heavy atom. The zero-order chi connectivity index (χ0) is 27.8. The third-order valence-electron chi connectivity index (χ3n) is 6.15. The molecule has 3 amide bonds. The molecule has 3 aromatic carbocycles. The largest absolute Gasteiger partial charge is 0.489 e. The third kappa shape index (κ3) is 7.38. The number of amides is 3. The van der Waals surface area contributed by atoms with E-state index in [-0.39, 0.29) is 18.8 Å². The van der Waals surface area contributed by atoms with Crippen molar-refractivity contribution in [2.45, 2.75) is 26.1 Å². The molecule has 0 aliphatic rings. The molecule has 4 aromatic rings. The topological polar surface area (TPSA) is 84.7 Å². The van der Waals surface area contributed by atoms with E-state index >= 15 is 0 Å². The van der Waals surface area contributed by atoms with Gasteiger partial charge >= 0.3 is 11.8 Å². The van der Waals surface area contributed by atoms with E-state index in [0.717, 1.165) is 16.0 Å². The van der Waals surface area contributed by atoms with Gasteiger partial charge in [0.1, 0.15) is 18.2 Å². The SMILES string of the molecule is CN(Cc1cccc(OCc2ccccc2)c1)C(=O)C(=O)N(C)C(=O)Cc1cncn1Cc1cccc(F)c1. The van der Waals surface area contributed by atoms with Crippen molar-refractivity contribution in [2.75, 3.05) is 14.1 Å². The van der Waals surface area contributed by atoms with E-state index in [4.69, 9.17) is 4.74 Å². The lowest BCUT2D eigenvalue weighted by Gasteiger charge is -2.21. The van der Waals surface area contributed by atoms with E-state index in [0.29, 0.717) is 30.2 Å². The molecule has 1 aromatic heterocycles. The molecule has 0 fully saturated rings. The first-order valence-electron chi connectivity index (χ1n) is 12.3. The van der Waals surface area contributed by atoms with Crippen molar-refractivity contribution in [3.8, 4) is 5.75 Å². The predicted molar refractivity (Wildman–Crippen MR) is 143 cm³/mol. The number of carbonyl (C=O) groups is 3. The second kappa shape index (κ2) is 12.6. The number of carbonyl (C=O) groups excluding carboxylic acids is 3. The minimum absolute atomic E-state index is 0.144. The molecule has 39 heavy (non-hydrogen) atoms. The van der Waals surface area contributed by atoms with Crippen molar-refractivity contribution < 1.29 is 23.5 Å². The number of imidazole rings is 1. The van der Waals surface area contributed by atoms with Gasteiger partial charge in [-0.2, -0.15) is 0 Å². The molecule has 9 heteroatoms. The summed E-state index contributed by atoms with van der Waals surface area (Å²) in [4.78, 5) is 44.6. The maximum Gasteiger partial charge on any atom is 0.318 e. The average molecular weight is 529 g/mol. The van der Waals surface area contributed by atoms with Crippen molar-refractivity contribution in [3.63, 3.8) is 0 Å². The van der Waals surface area contributed by atoms with Gasteiger partial charge in [0, 0.05) is 39.1 Å². The van der Waals surface area contributed by atoms with Gasteiger partial charge in [-0.25, -0.2) is 9.37 Å². The molecule has 1 heterocycles. The van der Waals surface area contributed by atoms with E-state index in [1.807, 2.05) is 54.6 Å². The number of nitrogens with zero attached hydrogens (tertiary/aromatic N) is 4. The minimum atomic E-state index is -0.935. The van der Waals surface area contributed by atoms with Crippen LogP contribution in [-0.4, -0.2) is 51.2 Å². The smallest absolute Gasteiger partial charge is 0.318 e. The van der Waals surface area contributed by atoms with Crippen LogP contribution in [0.25, 0.3) is 0 Å². The lowest BCUT2D eigenvalue weighted by molar-refractivity contribution is -0.155. The van der Waals surface area contributed by atoms with Crippen LogP contribution in [0.1, 0.15) is 22.4 Å². The molecule has 0 saturated carbocycles. The van der Waals surface area contributed by atoms with Gasteiger partial charge in [-0.1, -0.05) is 54.6 Å². The van der Waals surface area contributed by atoms with E-state index < -0.39 is 17.7 Å². The number of ether oxygens (including phenoxy) is 1. The zero-order valence-electron chi connectivity index (χ0n) is 21.8. The monoisotopic (exact) mass is 528 g/mol. The van der Waals surface area contributed by atoms with E-state index in [2.05, 4.69) is 4.98 Å². The molecule has 8 nitrogen and oxygen atoms in total. The Bertz CT molecular complexity index is 1450. The van der Waals surface area contributed by atoms with Crippen molar-refractivity contribution in [1.29, 1.82) is 0 Å². The van der Waals surface area contributed by atoms with Crippen molar-refractivity contribution in [2.24, 2.45) is 0 Å². The van der Waals surface area contributed by atoms with Crippen LogP contribution in [0.2, 0.25) is 0 Å². The van der Waals surface area contributed by atoms with Crippen LogP contribution in [0.5, 0.6) is 5.75 Å². The standard InChI is InChI=1S/C30H29FN4O4/c1-33(18-24-11-7-13-27(15-24)39-20-22-8-4-3-5-9-22)29(37)30(38)34(2)28(36)16-26-17-32-21-35(26)19-23-10-6-12-25(31)14-23/h3-15,17,21H,16,18-20H2,1-2H3.